The van der Waals surface area contributed by atoms with E-state index in [0.29, 0.717) is 29.5 Å². The van der Waals surface area contributed by atoms with Gasteiger partial charge in [0.25, 0.3) is 5.91 Å². The summed E-state index contributed by atoms with van der Waals surface area (Å²) in [6, 6.07) is 4.41. The van der Waals surface area contributed by atoms with Crippen LogP contribution in [0.3, 0.4) is 0 Å². The molecule has 0 saturated carbocycles. The molecule has 0 spiro atoms. The standard InChI is InChI=1S/C13H15BrINO4/c1-20-6-2-3-11(13(18)19)16-12(17)9-7-8(15)4-5-10(9)14/h4-5,7,11H,2-3,6H2,1H3,(H,16,17)(H,18,19). The Hall–Kier alpha value is -0.670. The summed E-state index contributed by atoms with van der Waals surface area (Å²) < 4.78 is 6.42. The van der Waals surface area contributed by atoms with Crippen LogP contribution in [0.15, 0.2) is 22.7 Å². The number of carboxylic acid groups (broad SMARTS) is 1. The van der Waals surface area contributed by atoms with Crippen molar-refractivity contribution in [1.29, 1.82) is 0 Å². The molecule has 1 unspecified atom stereocenters. The van der Waals surface area contributed by atoms with Gasteiger partial charge >= 0.3 is 5.97 Å². The number of halogens is 2. The summed E-state index contributed by atoms with van der Waals surface area (Å²) in [5, 5.41) is 11.7. The Morgan fingerprint density at radius 1 is 1.50 bits per heavy atom. The fraction of sp³-hybridized carbons (Fsp3) is 0.385. The van der Waals surface area contributed by atoms with Crippen molar-refractivity contribution in [2.75, 3.05) is 13.7 Å². The minimum absolute atomic E-state index is 0.330. The molecule has 0 heterocycles. The lowest BCUT2D eigenvalue weighted by atomic mass is 10.1. The molecule has 1 aromatic rings. The van der Waals surface area contributed by atoms with E-state index in [-0.39, 0.29) is 0 Å². The van der Waals surface area contributed by atoms with E-state index < -0.39 is 17.9 Å². The predicted molar refractivity (Wildman–Crippen MR) is 86.9 cm³/mol. The lowest BCUT2D eigenvalue weighted by Gasteiger charge is -2.15. The quantitative estimate of drug-likeness (QED) is 0.489. The van der Waals surface area contributed by atoms with Gasteiger partial charge in [0.1, 0.15) is 6.04 Å². The molecule has 1 atom stereocenters. The Labute approximate surface area is 139 Å². The summed E-state index contributed by atoms with van der Waals surface area (Å²) in [6.07, 6.45) is 0.900. The van der Waals surface area contributed by atoms with Crippen LogP contribution in [0.1, 0.15) is 23.2 Å². The van der Waals surface area contributed by atoms with E-state index >= 15 is 0 Å². The van der Waals surface area contributed by atoms with Gasteiger partial charge in [0, 0.05) is 21.8 Å². The number of methoxy groups -OCH3 is 1. The number of carbonyl (C=O) groups excluding carboxylic acids is 1. The van der Waals surface area contributed by atoms with Gasteiger partial charge in [0.05, 0.1) is 5.56 Å². The second-order valence-electron chi connectivity index (χ2n) is 4.12. The molecule has 20 heavy (non-hydrogen) atoms. The third-order valence-corrected chi connectivity index (χ3v) is 3.98. The third-order valence-electron chi connectivity index (χ3n) is 2.62. The minimum Gasteiger partial charge on any atom is -0.480 e. The third kappa shape index (κ3) is 5.37. The van der Waals surface area contributed by atoms with Crippen molar-refractivity contribution in [3.05, 3.63) is 31.8 Å². The number of ether oxygens (including phenoxy) is 1. The fourth-order valence-corrected chi connectivity index (χ4v) is 2.51. The Morgan fingerprint density at radius 2 is 2.20 bits per heavy atom. The van der Waals surface area contributed by atoms with E-state index in [1.807, 2.05) is 6.07 Å². The number of carbonyl (C=O) groups is 2. The second kappa shape index (κ2) is 8.58. The Morgan fingerprint density at radius 3 is 2.80 bits per heavy atom. The summed E-state index contributed by atoms with van der Waals surface area (Å²) >= 11 is 5.39. The van der Waals surface area contributed by atoms with Gasteiger partial charge in [-0.3, -0.25) is 4.79 Å². The molecule has 0 saturated heterocycles. The highest BCUT2D eigenvalue weighted by atomic mass is 127. The van der Waals surface area contributed by atoms with Crippen molar-refractivity contribution in [3.63, 3.8) is 0 Å². The van der Waals surface area contributed by atoms with Crippen molar-refractivity contribution in [2.24, 2.45) is 0 Å². The van der Waals surface area contributed by atoms with Crippen LogP contribution < -0.4 is 5.32 Å². The smallest absolute Gasteiger partial charge is 0.326 e. The average Bonchev–Trinajstić information content (AvgIpc) is 2.40. The first-order valence-corrected chi connectivity index (χ1v) is 7.80. The maximum Gasteiger partial charge on any atom is 0.326 e. The summed E-state index contributed by atoms with van der Waals surface area (Å²) in [7, 11) is 1.55. The average molecular weight is 456 g/mol. The first kappa shape index (κ1) is 17.4. The van der Waals surface area contributed by atoms with Gasteiger partial charge in [-0.2, -0.15) is 0 Å². The largest absolute Gasteiger partial charge is 0.480 e. The van der Waals surface area contributed by atoms with Gasteiger partial charge in [-0.15, -0.1) is 0 Å². The van der Waals surface area contributed by atoms with Crippen LogP contribution in [0.5, 0.6) is 0 Å². The Kier molecular flexibility index (Phi) is 7.46. The van der Waals surface area contributed by atoms with Crippen LogP contribution in [-0.2, 0) is 9.53 Å². The number of nitrogens with one attached hydrogen (secondary N) is 1. The number of rotatable bonds is 7. The Bertz CT molecular complexity index is 495. The highest BCUT2D eigenvalue weighted by molar-refractivity contribution is 14.1. The molecule has 1 amide bonds. The zero-order chi connectivity index (χ0) is 15.1. The van der Waals surface area contributed by atoms with Gasteiger partial charge in [-0.25, -0.2) is 4.79 Å². The van der Waals surface area contributed by atoms with Gasteiger partial charge in [-0.05, 0) is 69.6 Å². The maximum absolute atomic E-state index is 12.1. The number of hydrogen-bond donors (Lipinski definition) is 2. The van der Waals surface area contributed by atoms with E-state index in [1.54, 1.807) is 19.2 Å². The molecule has 0 aliphatic carbocycles. The van der Waals surface area contributed by atoms with E-state index in [4.69, 9.17) is 9.84 Å². The van der Waals surface area contributed by atoms with Gasteiger partial charge in [-0.1, -0.05) is 0 Å². The first-order chi connectivity index (χ1) is 9.45. The maximum atomic E-state index is 12.1. The Balaban J connectivity index is 2.75. The van der Waals surface area contributed by atoms with E-state index in [2.05, 4.69) is 43.8 Å². The number of amides is 1. The topological polar surface area (TPSA) is 75.6 Å². The van der Waals surface area contributed by atoms with Crippen molar-refractivity contribution >= 4 is 50.4 Å². The fourth-order valence-electron chi connectivity index (χ4n) is 1.60. The van der Waals surface area contributed by atoms with Crippen molar-refractivity contribution in [3.8, 4) is 0 Å². The second-order valence-corrected chi connectivity index (χ2v) is 6.22. The van der Waals surface area contributed by atoms with E-state index in [0.717, 1.165) is 3.57 Å². The predicted octanol–water partition coefficient (Wildman–Crippen LogP) is 2.66. The molecule has 0 aliphatic heterocycles. The molecular formula is C13H15BrINO4. The molecule has 0 aromatic heterocycles. The molecule has 7 heteroatoms. The van der Waals surface area contributed by atoms with Crippen LogP contribution in [0.4, 0.5) is 0 Å². The summed E-state index contributed by atoms with van der Waals surface area (Å²) in [5.74, 6) is -1.45. The zero-order valence-electron chi connectivity index (χ0n) is 10.9. The van der Waals surface area contributed by atoms with Crippen molar-refractivity contribution in [2.45, 2.75) is 18.9 Å². The number of carboxylic acids is 1. The SMILES string of the molecule is COCCCC(NC(=O)c1cc(I)ccc1Br)C(=O)O. The van der Waals surface area contributed by atoms with Crippen LogP contribution in [0, 0.1) is 3.57 Å². The van der Waals surface area contributed by atoms with Gasteiger partial charge < -0.3 is 15.2 Å². The highest BCUT2D eigenvalue weighted by Crippen LogP contribution is 2.19. The molecule has 1 aromatic carbocycles. The highest BCUT2D eigenvalue weighted by Gasteiger charge is 2.21. The van der Waals surface area contributed by atoms with Gasteiger partial charge in [0.15, 0.2) is 0 Å². The summed E-state index contributed by atoms with van der Waals surface area (Å²) in [6.45, 7) is 0.465. The van der Waals surface area contributed by atoms with E-state index in [1.165, 1.54) is 0 Å². The summed E-state index contributed by atoms with van der Waals surface area (Å²) in [4.78, 5) is 23.3. The van der Waals surface area contributed by atoms with Crippen molar-refractivity contribution < 1.29 is 19.4 Å². The molecule has 2 N–H and O–H groups in total. The molecule has 110 valence electrons. The van der Waals surface area contributed by atoms with E-state index in [9.17, 15) is 9.59 Å². The first-order valence-electron chi connectivity index (χ1n) is 5.93. The summed E-state index contributed by atoms with van der Waals surface area (Å²) in [5.41, 5.74) is 0.426. The monoisotopic (exact) mass is 455 g/mol. The molecule has 0 radical (unpaired) electrons. The van der Waals surface area contributed by atoms with Crippen LogP contribution >= 0.6 is 38.5 Å². The number of benzene rings is 1. The zero-order valence-corrected chi connectivity index (χ0v) is 14.6. The molecule has 0 aliphatic rings. The van der Waals surface area contributed by atoms with Crippen LogP contribution in [-0.4, -0.2) is 36.7 Å². The number of hydrogen-bond acceptors (Lipinski definition) is 3. The molecule has 5 nitrogen and oxygen atoms in total. The lowest BCUT2D eigenvalue weighted by molar-refractivity contribution is -0.139. The molecule has 1 rings (SSSR count). The molecular weight excluding hydrogens is 441 g/mol. The van der Waals surface area contributed by atoms with Gasteiger partial charge in [0.2, 0.25) is 0 Å². The normalized spacial score (nSPS) is 11.9. The number of aliphatic carboxylic acids is 1. The lowest BCUT2D eigenvalue weighted by Crippen LogP contribution is -2.41. The van der Waals surface area contributed by atoms with Crippen LogP contribution in [0.2, 0.25) is 0 Å². The molecule has 0 fully saturated rings. The van der Waals surface area contributed by atoms with Crippen LogP contribution in [0.25, 0.3) is 0 Å². The molecule has 0 bridgehead atoms. The van der Waals surface area contributed by atoms with Crippen molar-refractivity contribution in [1.82, 2.24) is 5.32 Å². The minimum atomic E-state index is -1.05.